The van der Waals surface area contributed by atoms with Gasteiger partial charge in [0, 0.05) is 16.3 Å². The standard InChI is InChI=1S/C19H20ClN3O2/c1-3-5-14-6-4-7-15(18(14)24)12-21-23-19(25)13(2)22-17-10-8-16(20)9-11-17/h3-4,6-13,22,24H,1,5H2,2H3,(H,23,25). The van der Waals surface area contributed by atoms with Crippen molar-refractivity contribution in [1.82, 2.24) is 5.43 Å². The number of halogens is 1. The predicted octanol–water partition coefficient (Wildman–Crippen LogP) is 3.72. The van der Waals surface area contributed by atoms with Gasteiger partial charge in [-0.3, -0.25) is 4.79 Å². The fourth-order valence-electron chi connectivity index (χ4n) is 2.16. The highest BCUT2D eigenvalue weighted by Crippen LogP contribution is 2.21. The van der Waals surface area contributed by atoms with Crippen molar-refractivity contribution in [3.05, 3.63) is 71.3 Å². The molecule has 0 heterocycles. The van der Waals surface area contributed by atoms with Crippen LogP contribution in [-0.4, -0.2) is 23.3 Å². The zero-order valence-electron chi connectivity index (χ0n) is 13.9. The monoisotopic (exact) mass is 357 g/mol. The summed E-state index contributed by atoms with van der Waals surface area (Å²) in [5.41, 5.74) is 4.51. The Morgan fingerprint density at radius 3 is 2.72 bits per heavy atom. The molecule has 0 saturated heterocycles. The van der Waals surface area contributed by atoms with Gasteiger partial charge in [0.25, 0.3) is 5.91 Å². The van der Waals surface area contributed by atoms with E-state index in [1.165, 1.54) is 6.21 Å². The summed E-state index contributed by atoms with van der Waals surface area (Å²) in [5, 5.41) is 17.7. The Kier molecular flexibility index (Phi) is 6.60. The number of hydrazone groups is 1. The first kappa shape index (κ1) is 18.5. The van der Waals surface area contributed by atoms with Crippen molar-refractivity contribution in [3.63, 3.8) is 0 Å². The van der Waals surface area contributed by atoms with Gasteiger partial charge in [-0.2, -0.15) is 5.10 Å². The first-order chi connectivity index (χ1) is 12.0. The van der Waals surface area contributed by atoms with Crippen LogP contribution in [0.2, 0.25) is 5.02 Å². The lowest BCUT2D eigenvalue weighted by molar-refractivity contribution is -0.121. The van der Waals surface area contributed by atoms with E-state index in [4.69, 9.17) is 11.6 Å². The van der Waals surface area contributed by atoms with Crippen LogP contribution in [0.25, 0.3) is 0 Å². The smallest absolute Gasteiger partial charge is 0.262 e. The number of allylic oxidation sites excluding steroid dienone is 1. The zero-order chi connectivity index (χ0) is 18.2. The number of para-hydroxylation sites is 1. The first-order valence-corrected chi connectivity index (χ1v) is 8.16. The van der Waals surface area contributed by atoms with Crippen molar-refractivity contribution in [1.29, 1.82) is 0 Å². The summed E-state index contributed by atoms with van der Waals surface area (Å²) in [6, 6.07) is 11.9. The number of amides is 1. The molecule has 5 nitrogen and oxygen atoms in total. The summed E-state index contributed by atoms with van der Waals surface area (Å²) in [6.45, 7) is 5.38. The normalized spacial score (nSPS) is 11.9. The molecule has 2 aromatic carbocycles. The molecule has 0 bridgehead atoms. The number of hydrogen-bond acceptors (Lipinski definition) is 4. The molecule has 130 valence electrons. The molecule has 25 heavy (non-hydrogen) atoms. The van der Waals surface area contributed by atoms with Crippen molar-refractivity contribution in [2.24, 2.45) is 5.10 Å². The summed E-state index contributed by atoms with van der Waals surface area (Å²) in [6.07, 6.45) is 3.68. The molecular weight excluding hydrogens is 338 g/mol. The van der Waals surface area contributed by atoms with Crippen molar-refractivity contribution >= 4 is 29.4 Å². The number of carbonyl (C=O) groups excluding carboxylic acids is 1. The number of phenolic OH excluding ortho intramolecular Hbond substituents is 1. The van der Waals surface area contributed by atoms with Crippen LogP contribution in [0.3, 0.4) is 0 Å². The predicted molar refractivity (Wildman–Crippen MR) is 102 cm³/mol. The Morgan fingerprint density at radius 1 is 1.32 bits per heavy atom. The van der Waals surface area contributed by atoms with Gasteiger partial charge in [0.1, 0.15) is 11.8 Å². The molecular formula is C19H20ClN3O2. The number of nitrogens with one attached hydrogen (secondary N) is 2. The molecule has 0 fully saturated rings. The molecule has 0 spiro atoms. The Morgan fingerprint density at radius 2 is 2.04 bits per heavy atom. The zero-order valence-corrected chi connectivity index (χ0v) is 14.6. The lowest BCUT2D eigenvalue weighted by Gasteiger charge is -2.13. The number of rotatable bonds is 7. The van der Waals surface area contributed by atoms with E-state index in [0.29, 0.717) is 17.0 Å². The van der Waals surface area contributed by atoms with Crippen LogP contribution in [0, 0.1) is 0 Å². The maximum Gasteiger partial charge on any atom is 0.262 e. The highest BCUT2D eigenvalue weighted by atomic mass is 35.5. The van der Waals surface area contributed by atoms with E-state index in [1.807, 2.05) is 12.1 Å². The molecule has 1 unspecified atom stereocenters. The van der Waals surface area contributed by atoms with Gasteiger partial charge < -0.3 is 10.4 Å². The largest absolute Gasteiger partial charge is 0.507 e. The molecule has 0 aliphatic carbocycles. The van der Waals surface area contributed by atoms with E-state index in [0.717, 1.165) is 11.3 Å². The second-order valence-corrected chi connectivity index (χ2v) is 5.89. The summed E-state index contributed by atoms with van der Waals surface area (Å²) in [4.78, 5) is 12.1. The number of benzene rings is 2. The second-order valence-electron chi connectivity index (χ2n) is 5.45. The highest BCUT2D eigenvalue weighted by Gasteiger charge is 2.11. The van der Waals surface area contributed by atoms with Gasteiger partial charge in [-0.25, -0.2) is 5.43 Å². The third kappa shape index (κ3) is 5.36. The average molecular weight is 358 g/mol. The molecule has 0 aromatic heterocycles. The number of phenols is 1. The Bertz CT molecular complexity index is 773. The van der Waals surface area contributed by atoms with Crippen molar-refractivity contribution in [2.75, 3.05) is 5.32 Å². The molecule has 0 aliphatic rings. The third-order valence-corrected chi connectivity index (χ3v) is 3.77. The number of hydrogen-bond donors (Lipinski definition) is 3. The molecule has 3 N–H and O–H groups in total. The van der Waals surface area contributed by atoms with E-state index >= 15 is 0 Å². The molecule has 1 amide bonds. The van der Waals surface area contributed by atoms with Crippen LogP contribution in [0.5, 0.6) is 5.75 Å². The number of anilines is 1. The van der Waals surface area contributed by atoms with Gasteiger partial charge in [0.2, 0.25) is 0 Å². The summed E-state index contributed by atoms with van der Waals surface area (Å²) in [5.74, 6) is -0.166. The Hall–Kier alpha value is -2.79. The fourth-order valence-corrected chi connectivity index (χ4v) is 2.29. The molecule has 2 rings (SSSR count). The van der Waals surface area contributed by atoms with Crippen LogP contribution in [0.4, 0.5) is 5.69 Å². The van der Waals surface area contributed by atoms with Gasteiger partial charge in [0.05, 0.1) is 6.21 Å². The molecule has 0 aliphatic heterocycles. The fraction of sp³-hybridized carbons (Fsp3) is 0.158. The summed E-state index contributed by atoms with van der Waals surface area (Å²) < 4.78 is 0. The number of carbonyl (C=O) groups is 1. The second kappa shape index (κ2) is 8.89. The summed E-state index contributed by atoms with van der Waals surface area (Å²) in [7, 11) is 0. The van der Waals surface area contributed by atoms with Crippen LogP contribution in [0.15, 0.2) is 60.2 Å². The lowest BCUT2D eigenvalue weighted by Crippen LogP contribution is -2.34. The molecule has 6 heteroatoms. The van der Waals surface area contributed by atoms with Gasteiger partial charge in [-0.15, -0.1) is 6.58 Å². The van der Waals surface area contributed by atoms with Crippen molar-refractivity contribution < 1.29 is 9.90 Å². The van der Waals surface area contributed by atoms with Gasteiger partial charge >= 0.3 is 0 Å². The molecule has 0 radical (unpaired) electrons. The minimum absolute atomic E-state index is 0.132. The quantitative estimate of drug-likeness (QED) is 0.401. The van der Waals surface area contributed by atoms with E-state index in [9.17, 15) is 9.90 Å². The minimum atomic E-state index is -0.487. The van der Waals surface area contributed by atoms with E-state index in [-0.39, 0.29) is 11.7 Å². The van der Waals surface area contributed by atoms with Crippen LogP contribution < -0.4 is 10.7 Å². The highest BCUT2D eigenvalue weighted by molar-refractivity contribution is 6.30. The summed E-state index contributed by atoms with van der Waals surface area (Å²) >= 11 is 5.83. The Labute approximate surface area is 152 Å². The van der Waals surface area contributed by atoms with E-state index in [2.05, 4.69) is 22.4 Å². The van der Waals surface area contributed by atoms with Gasteiger partial charge in [-0.1, -0.05) is 29.8 Å². The van der Waals surface area contributed by atoms with Crippen LogP contribution in [-0.2, 0) is 11.2 Å². The topological polar surface area (TPSA) is 73.7 Å². The third-order valence-electron chi connectivity index (χ3n) is 3.51. The maximum absolute atomic E-state index is 12.1. The molecule has 2 aromatic rings. The average Bonchev–Trinajstić information content (AvgIpc) is 2.60. The Balaban J connectivity index is 1.94. The number of aromatic hydroxyl groups is 1. The van der Waals surface area contributed by atoms with Gasteiger partial charge in [-0.05, 0) is 49.2 Å². The SMILES string of the molecule is C=CCc1cccc(C=NNC(=O)C(C)Nc2ccc(Cl)cc2)c1O. The van der Waals surface area contributed by atoms with E-state index < -0.39 is 6.04 Å². The van der Waals surface area contributed by atoms with Crippen LogP contribution >= 0.6 is 11.6 Å². The first-order valence-electron chi connectivity index (χ1n) is 7.78. The molecule has 0 saturated carbocycles. The van der Waals surface area contributed by atoms with Crippen molar-refractivity contribution in [3.8, 4) is 5.75 Å². The van der Waals surface area contributed by atoms with Crippen molar-refractivity contribution in [2.45, 2.75) is 19.4 Å². The van der Waals surface area contributed by atoms with Gasteiger partial charge in [0.15, 0.2) is 0 Å². The van der Waals surface area contributed by atoms with E-state index in [1.54, 1.807) is 43.3 Å². The minimum Gasteiger partial charge on any atom is -0.507 e. The number of nitrogens with zero attached hydrogens (tertiary/aromatic N) is 1. The lowest BCUT2D eigenvalue weighted by atomic mass is 10.1. The maximum atomic E-state index is 12.1. The molecule has 1 atom stereocenters. The van der Waals surface area contributed by atoms with Crippen LogP contribution in [0.1, 0.15) is 18.1 Å².